The van der Waals surface area contributed by atoms with Crippen molar-refractivity contribution in [3.63, 3.8) is 0 Å². The molecule has 0 bridgehead atoms. The predicted octanol–water partition coefficient (Wildman–Crippen LogP) is 3.08. The van der Waals surface area contributed by atoms with E-state index in [1.165, 1.54) is 6.07 Å². The standard InChI is InChI=1S/C12H15ClF3NO/c1-8(7-18)5-17-6-9-2-3-11(13)10(4-9)12(14,15)16/h2-4,8,17-18H,5-7H2,1H3. The van der Waals surface area contributed by atoms with Crippen LogP contribution in [-0.2, 0) is 12.7 Å². The Morgan fingerprint density at radius 2 is 2.06 bits per heavy atom. The van der Waals surface area contributed by atoms with E-state index in [0.717, 1.165) is 6.07 Å². The molecule has 1 rings (SSSR count). The van der Waals surface area contributed by atoms with Gasteiger partial charge in [0.15, 0.2) is 0 Å². The zero-order valence-corrected chi connectivity index (χ0v) is 10.6. The molecular weight excluding hydrogens is 267 g/mol. The van der Waals surface area contributed by atoms with Gasteiger partial charge in [-0.15, -0.1) is 0 Å². The number of aliphatic hydroxyl groups excluding tert-OH is 1. The van der Waals surface area contributed by atoms with E-state index < -0.39 is 11.7 Å². The van der Waals surface area contributed by atoms with Crippen molar-refractivity contribution >= 4 is 11.6 Å². The smallest absolute Gasteiger partial charge is 0.396 e. The van der Waals surface area contributed by atoms with Crippen molar-refractivity contribution in [1.82, 2.24) is 5.32 Å². The number of aliphatic hydroxyl groups is 1. The third-order valence-corrected chi connectivity index (χ3v) is 2.80. The molecule has 6 heteroatoms. The van der Waals surface area contributed by atoms with Gasteiger partial charge in [0.25, 0.3) is 0 Å². The molecule has 0 aliphatic carbocycles. The molecule has 0 saturated heterocycles. The van der Waals surface area contributed by atoms with Gasteiger partial charge in [0.1, 0.15) is 0 Å². The number of benzene rings is 1. The molecule has 0 saturated carbocycles. The minimum atomic E-state index is -4.44. The Kier molecular flexibility index (Phi) is 5.44. The molecule has 18 heavy (non-hydrogen) atoms. The molecule has 0 fully saturated rings. The Morgan fingerprint density at radius 3 is 2.61 bits per heavy atom. The Bertz CT molecular complexity index is 395. The number of hydrogen-bond acceptors (Lipinski definition) is 2. The van der Waals surface area contributed by atoms with Gasteiger partial charge >= 0.3 is 6.18 Å². The normalized spacial score (nSPS) is 13.7. The van der Waals surface area contributed by atoms with E-state index >= 15 is 0 Å². The van der Waals surface area contributed by atoms with Crippen LogP contribution in [0.4, 0.5) is 13.2 Å². The van der Waals surface area contributed by atoms with Gasteiger partial charge in [-0.05, 0) is 23.6 Å². The van der Waals surface area contributed by atoms with Gasteiger partial charge in [0, 0.05) is 19.7 Å². The fraction of sp³-hybridized carbons (Fsp3) is 0.500. The highest BCUT2D eigenvalue weighted by molar-refractivity contribution is 6.31. The van der Waals surface area contributed by atoms with Gasteiger partial charge in [0.2, 0.25) is 0 Å². The first-order chi connectivity index (χ1) is 8.34. The first-order valence-corrected chi connectivity index (χ1v) is 5.89. The molecule has 1 aromatic carbocycles. The summed E-state index contributed by atoms with van der Waals surface area (Å²) >= 11 is 5.51. The van der Waals surface area contributed by atoms with Crippen LogP contribution >= 0.6 is 11.6 Å². The molecule has 1 aromatic rings. The maximum absolute atomic E-state index is 12.6. The number of alkyl halides is 3. The fourth-order valence-electron chi connectivity index (χ4n) is 1.43. The third kappa shape index (κ3) is 4.48. The number of hydrogen-bond donors (Lipinski definition) is 2. The minimum absolute atomic E-state index is 0.0431. The lowest BCUT2D eigenvalue weighted by molar-refractivity contribution is -0.137. The van der Waals surface area contributed by atoms with Crippen LogP contribution in [0.15, 0.2) is 18.2 Å². The van der Waals surface area contributed by atoms with Gasteiger partial charge in [0.05, 0.1) is 10.6 Å². The summed E-state index contributed by atoms with van der Waals surface area (Å²) in [5.41, 5.74) is -0.310. The van der Waals surface area contributed by atoms with E-state index in [1.807, 2.05) is 6.92 Å². The highest BCUT2D eigenvalue weighted by Crippen LogP contribution is 2.35. The summed E-state index contributed by atoms with van der Waals surface area (Å²) in [5.74, 6) is 0.0689. The van der Waals surface area contributed by atoms with E-state index in [2.05, 4.69) is 5.32 Å². The van der Waals surface area contributed by atoms with Crippen LogP contribution in [0.2, 0.25) is 5.02 Å². The molecule has 1 atom stereocenters. The molecule has 0 aliphatic heterocycles. The van der Waals surface area contributed by atoms with Crippen LogP contribution in [-0.4, -0.2) is 18.3 Å². The van der Waals surface area contributed by atoms with Gasteiger partial charge < -0.3 is 10.4 Å². The molecule has 0 aliphatic rings. The molecule has 0 amide bonds. The van der Waals surface area contributed by atoms with Crippen LogP contribution in [0, 0.1) is 5.92 Å². The summed E-state index contributed by atoms with van der Waals surface area (Å²) in [4.78, 5) is 0. The number of halogens is 4. The summed E-state index contributed by atoms with van der Waals surface area (Å²) in [6.45, 7) is 2.74. The van der Waals surface area contributed by atoms with E-state index in [1.54, 1.807) is 6.07 Å². The highest BCUT2D eigenvalue weighted by atomic mass is 35.5. The Labute approximate surface area is 109 Å². The first kappa shape index (κ1) is 15.3. The van der Waals surface area contributed by atoms with Crippen molar-refractivity contribution in [2.24, 2.45) is 5.92 Å². The Balaban J connectivity index is 2.68. The van der Waals surface area contributed by atoms with Gasteiger partial charge in [-0.1, -0.05) is 24.6 Å². The van der Waals surface area contributed by atoms with E-state index in [-0.39, 0.29) is 17.5 Å². The molecular formula is C12H15ClF3NO. The van der Waals surface area contributed by atoms with Crippen LogP contribution < -0.4 is 5.32 Å². The van der Waals surface area contributed by atoms with Crippen LogP contribution in [0.25, 0.3) is 0 Å². The lowest BCUT2D eigenvalue weighted by Crippen LogP contribution is -2.23. The zero-order chi connectivity index (χ0) is 13.8. The average molecular weight is 282 g/mol. The minimum Gasteiger partial charge on any atom is -0.396 e. The van der Waals surface area contributed by atoms with Crippen LogP contribution in [0.5, 0.6) is 0 Å². The van der Waals surface area contributed by atoms with E-state index in [9.17, 15) is 13.2 Å². The second-order valence-electron chi connectivity index (χ2n) is 4.23. The average Bonchev–Trinajstić information content (AvgIpc) is 2.29. The molecule has 0 spiro atoms. The van der Waals surface area contributed by atoms with Crippen molar-refractivity contribution < 1.29 is 18.3 Å². The Morgan fingerprint density at radius 1 is 1.39 bits per heavy atom. The van der Waals surface area contributed by atoms with E-state index in [4.69, 9.17) is 16.7 Å². The SMILES string of the molecule is CC(CO)CNCc1ccc(Cl)c(C(F)(F)F)c1. The quantitative estimate of drug-likeness (QED) is 0.869. The lowest BCUT2D eigenvalue weighted by Gasteiger charge is -2.12. The monoisotopic (exact) mass is 281 g/mol. The summed E-state index contributed by atoms with van der Waals surface area (Å²) in [5, 5.41) is 11.5. The molecule has 2 N–H and O–H groups in total. The molecule has 102 valence electrons. The van der Waals surface area contributed by atoms with Crippen molar-refractivity contribution in [1.29, 1.82) is 0 Å². The molecule has 0 radical (unpaired) electrons. The molecule has 1 unspecified atom stereocenters. The second-order valence-corrected chi connectivity index (χ2v) is 4.64. The van der Waals surface area contributed by atoms with Gasteiger partial charge in [-0.2, -0.15) is 13.2 Å². The van der Waals surface area contributed by atoms with Crippen LogP contribution in [0.1, 0.15) is 18.1 Å². The topological polar surface area (TPSA) is 32.3 Å². The molecule has 0 aromatic heterocycles. The number of rotatable bonds is 5. The van der Waals surface area contributed by atoms with Crippen molar-refractivity contribution in [2.45, 2.75) is 19.6 Å². The lowest BCUT2D eigenvalue weighted by atomic mass is 10.1. The fourth-order valence-corrected chi connectivity index (χ4v) is 1.65. The summed E-state index contributed by atoms with van der Waals surface area (Å²) in [6.07, 6.45) is -4.44. The van der Waals surface area contributed by atoms with E-state index in [0.29, 0.717) is 18.7 Å². The first-order valence-electron chi connectivity index (χ1n) is 5.51. The third-order valence-electron chi connectivity index (χ3n) is 2.47. The maximum Gasteiger partial charge on any atom is 0.417 e. The van der Waals surface area contributed by atoms with Crippen molar-refractivity contribution in [3.8, 4) is 0 Å². The van der Waals surface area contributed by atoms with Gasteiger partial charge in [-0.3, -0.25) is 0 Å². The summed E-state index contributed by atoms with van der Waals surface area (Å²) < 4.78 is 37.8. The van der Waals surface area contributed by atoms with Crippen molar-refractivity contribution in [3.05, 3.63) is 34.3 Å². The number of nitrogens with one attached hydrogen (secondary N) is 1. The molecule has 0 heterocycles. The maximum atomic E-state index is 12.6. The Hall–Kier alpha value is -0.780. The molecule has 2 nitrogen and oxygen atoms in total. The predicted molar refractivity (Wildman–Crippen MR) is 64.4 cm³/mol. The zero-order valence-electron chi connectivity index (χ0n) is 9.89. The van der Waals surface area contributed by atoms with Crippen LogP contribution in [0.3, 0.4) is 0 Å². The van der Waals surface area contributed by atoms with Gasteiger partial charge in [-0.25, -0.2) is 0 Å². The summed E-state index contributed by atoms with van der Waals surface area (Å²) in [6, 6.07) is 3.84. The summed E-state index contributed by atoms with van der Waals surface area (Å²) in [7, 11) is 0. The largest absolute Gasteiger partial charge is 0.417 e. The van der Waals surface area contributed by atoms with Crippen molar-refractivity contribution in [2.75, 3.05) is 13.2 Å². The highest BCUT2D eigenvalue weighted by Gasteiger charge is 2.33. The second kappa shape index (κ2) is 6.41.